The molecule has 17 heteroatoms. The molecule has 578 valence electrons. The van der Waals surface area contributed by atoms with Crippen molar-refractivity contribution >= 4 is 43.6 Å². The minimum absolute atomic E-state index is 0.348. The smallest absolute Gasteiger partial charge is 0.164 e. The summed E-state index contributed by atoms with van der Waals surface area (Å²) in [5, 5.41) is 15.4. The lowest BCUT2D eigenvalue weighted by atomic mass is 10.0. The van der Waals surface area contributed by atoms with Crippen molar-refractivity contribution in [1.82, 2.24) is 78.9 Å². The van der Waals surface area contributed by atoms with Crippen LogP contribution in [0.1, 0.15) is 5.56 Å². The van der Waals surface area contributed by atoms with Crippen molar-refractivity contribution in [3.63, 3.8) is 0 Å². The van der Waals surface area contributed by atoms with Crippen molar-refractivity contribution in [3.05, 3.63) is 400 Å². The molecule has 0 bridgehead atoms. The highest BCUT2D eigenvalue weighted by atomic mass is 15.1. The van der Waals surface area contributed by atoms with Crippen LogP contribution in [0, 0.1) is 11.3 Å². The van der Waals surface area contributed by atoms with Gasteiger partial charge in [0.05, 0.1) is 62.0 Å². The maximum absolute atomic E-state index is 12.1. The van der Waals surface area contributed by atoms with Gasteiger partial charge in [0, 0.05) is 99.4 Å². The van der Waals surface area contributed by atoms with Crippen molar-refractivity contribution in [2.24, 2.45) is 0 Å². The van der Waals surface area contributed by atoms with E-state index in [-0.39, 0.29) is 0 Å². The molecule has 0 aliphatic heterocycles. The molecular weight excluding hydrogens is 1520 g/mol. The van der Waals surface area contributed by atoms with Gasteiger partial charge in [0.2, 0.25) is 0 Å². The lowest BCUT2D eigenvalue weighted by Gasteiger charge is -2.21. The average Bonchev–Trinajstić information content (AvgIpc) is 1.54. The number of benzene rings is 15. The van der Waals surface area contributed by atoms with Gasteiger partial charge in [-0.05, 0) is 91.0 Å². The number of aromatic nitrogens is 16. The normalized spacial score (nSPS) is 11.4. The molecule has 7 aromatic heterocycles. The standard InChI is InChI=1S/C107H65N17/c108-66-67-59-92(123-88-55-51-78(103-115-95(70-35-15-3-16-36-70)111-96(116-103)71-37-17-4-18-38-71)61-82(88)83-62-79(52-56-89(83)123)104-117-97(72-39-19-5-20-40-72)112-98(118-104)73-41-21-6-22-42-73)94(107-109-86(68-31-11-1-12-32-68)65-87(110-107)69-33-13-2-14-34-69)93(60-67)124-90-57-53-80(105-119-99(74-43-23-7-24-44-74)113-100(120-105)75-45-25-8-26-46-75)63-84(90)85-64-81(54-58-91(85)124)106-121-101(76-47-27-9-28-48-76)114-102(122-106)77-49-29-10-30-50-77/h1-65H. The van der Waals surface area contributed by atoms with Crippen LogP contribution in [0.2, 0.25) is 0 Å². The van der Waals surface area contributed by atoms with Gasteiger partial charge < -0.3 is 9.13 Å². The molecule has 0 saturated heterocycles. The quantitative estimate of drug-likeness (QED) is 0.0829. The predicted molar refractivity (Wildman–Crippen MR) is 491 cm³/mol. The number of hydrogen-bond donors (Lipinski definition) is 0. The van der Waals surface area contributed by atoms with Gasteiger partial charge in [0.15, 0.2) is 75.7 Å². The van der Waals surface area contributed by atoms with Crippen molar-refractivity contribution in [3.8, 4) is 188 Å². The Hall–Kier alpha value is -17.5. The Labute approximate surface area is 711 Å². The second kappa shape index (κ2) is 31.4. The van der Waals surface area contributed by atoms with E-state index in [1.807, 2.05) is 297 Å². The molecule has 7 heterocycles. The summed E-state index contributed by atoms with van der Waals surface area (Å²) in [5.41, 5.74) is 17.9. The number of nitriles is 1. The molecular formula is C107H65N17. The molecule has 15 aromatic carbocycles. The average molecular weight is 1590 g/mol. The summed E-state index contributed by atoms with van der Waals surface area (Å²) >= 11 is 0. The second-order valence-electron chi connectivity index (χ2n) is 29.9. The molecule has 0 aliphatic carbocycles. The molecule has 0 unspecified atom stereocenters. The van der Waals surface area contributed by atoms with Gasteiger partial charge in [-0.15, -0.1) is 0 Å². The predicted octanol–water partition coefficient (Wildman–Crippen LogP) is 24.3. The van der Waals surface area contributed by atoms with Crippen LogP contribution >= 0.6 is 0 Å². The molecule has 0 radical (unpaired) electrons. The first-order valence-electron chi connectivity index (χ1n) is 40.6. The van der Waals surface area contributed by atoms with E-state index in [0.29, 0.717) is 110 Å². The van der Waals surface area contributed by atoms with Gasteiger partial charge in [-0.25, -0.2) is 69.8 Å². The van der Waals surface area contributed by atoms with Crippen LogP contribution in [0.3, 0.4) is 0 Å². The van der Waals surface area contributed by atoms with E-state index in [4.69, 9.17) is 69.8 Å². The lowest BCUT2D eigenvalue weighted by molar-refractivity contribution is 1.07. The zero-order valence-corrected chi connectivity index (χ0v) is 66.1. The van der Waals surface area contributed by atoms with Gasteiger partial charge in [0.25, 0.3) is 0 Å². The fourth-order valence-corrected chi connectivity index (χ4v) is 16.2. The van der Waals surface area contributed by atoms with E-state index in [2.05, 4.69) is 112 Å². The number of nitrogens with zero attached hydrogens (tertiary/aromatic N) is 17. The molecule has 22 rings (SSSR count). The highest BCUT2D eigenvalue weighted by molar-refractivity contribution is 6.14. The summed E-state index contributed by atoms with van der Waals surface area (Å²) in [5.74, 6) is 6.36. The molecule has 0 amide bonds. The Morgan fingerprint density at radius 1 is 0.169 bits per heavy atom. The van der Waals surface area contributed by atoms with Crippen molar-refractivity contribution in [2.45, 2.75) is 0 Å². The summed E-state index contributed by atoms with van der Waals surface area (Å²) in [6.45, 7) is 0. The molecule has 22 aromatic rings. The highest BCUT2D eigenvalue weighted by Gasteiger charge is 2.29. The summed E-state index contributed by atoms with van der Waals surface area (Å²) < 4.78 is 4.48. The maximum Gasteiger partial charge on any atom is 0.164 e. The third-order valence-electron chi connectivity index (χ3n) is 22.2. The van der Waals surface area contributed by atoms with E-state index in [1.165, 1.54) is 0 Å². The van der Waals surface area contributed by atoms with Crippen LogP contribution in [0.5, 0.6) is 0 Å². The molecule has 0 N–H and O–H groups in total. The first-order chi connectivity index (χ1) is 61.4. The lowest BCUT2D eigenvalue weighted by Crippen LogP contribution is -2.08. The third kappa shape index (κ3) is 13.8. The second-order valence-corrected chi connectivity index (χ2v) is 29.9. The van der Waals surface area contributed by atoms with Crippen molar-refractivity contribution in [1.29, 1.82) is 5.26 Å². The molecule has 0 saturated carbocycles. The highest BCUT2D eigenvalue weighted by Crippen LogP contribution is 2.47. The minimum atomic E-state index is 0.348. The topological polar surface area (TPSA) is 214 Å². The number of fused-ring (bicyclic) bond motifs is 6. The van der Waals surface area contributed by atoms with E-state index in [1.54, 1.807) is 0 Å². The van der Waals surface area contributed by atoms with Gasteiger partial charge >= 0.3 is 0 Å². The third-order valence-corrected chi connectivity index (χ3v) is 22.2. The zero-order valence-electron chi connectivity index (χ0n) is 66.1. The Bertz CT molecular complexity index is 6830. The Morgan fingerprint density at radius 2 is 0.355 bits per heavy atom. The number of rotatable bonds is 17. The van der Waals surface area contributed by atoms with E-state index in [9.17, 15) is 5.26 Å². The van der Waals surface area contributed by atoms with E-state index in [0.717, 1.165) is 122 Å². The van der Waals surface area contributed by atoms with E-state index >= 15 is 0 Å². The summed E-state index contributed by atoms with van der Waals surface area (Å²) in [7, 11) is 0. The monoisotopic (exact) mass is 1590 g/mol. The van der Waals surface area contributed by atoms with E-state index < -0.39 is 0 Å². The first kappa shape index (κ1) is 72.9. The van der Waals surface area contributed by atoms with Crippen LogP contribution in [-0.4, -0.2) is 78.9 Å². The zero-order chi connectivity index (χ0) is 82.4. The SMILES string of the molecule is N#Cc1cc(-n2c3ccc(-c4nc(-c5ccccc5)nc(-c5ccccc5)n4)cc3c3cc(-c4nc(-c5ccccc5)nc(-c5ccccc5)n4)ccc32)c(-c2nc(-c3ccccc3)cc(-c3ccccc3)n2)c(-n2c3ccc(-c4nc(-c5ccccc5)nc(-c5ccccc5)n4)cc3c3cc(-c4nc(-c5ccccc5)nc(-c5ccccc5)n4)ccc32)c1. The van der Waals surface area contributed by atoms with Crippen LogP contribution in [-0.2, 0) is 0 Å². The summed E-state index contributed by atoms with van der Waals surface area (Å²) in [4.78, 5) is 74.5. The molecule has 0 spiro atoms. The Kier molecular flexibility index (Phi) is 18.5. The van der Waals surface area contributed by atoms with Crippen LogP contribution in [0.4, 0.5) is 0 Å². The van der Waals surface area contributed by atoms with Crippen molar-refractivity contribution in [2.75, 3.05) is 0 Å². The molecule has 17 nitrogen and oxygen atoms in total. The van der Waals surface area contributed by atoms with Crippen LogP contribution in [0.15, 0.2) is 394 Å². The van der Waals surface area contributed by atoms with Gasteiger partial charge in [-0.1, -0.05) is 303 Å². The van der Waals surface area contributed by atoms with Crippen molar-refractivity contribution < 1.29 is 0 Å². The summed E-state index contributed by atoms with van der Waals surface area (Å²) in [6.07, 6.45) is 0. The largest absolute Gasteiger partial charge is 0.308 e. The number of hydrogen-bond acceptors (Lipinski definition) is 15. The molecule has 0 atom stereocenters. The molecule has 124 heavy (non-hydrogen) atoms. The Balaban J connectivity index is 0.849. The summed E-state index contributed by atoms with van der Waals surface area (Å²) in [6, 6.07) is 134. The minimum Gasteiger partial charge on any atom is -0.308 e. The maximum atomic E-state index is 12.1. The van der Waals surface area contributed by atoms with Gasteiger partial charge in [0.1, 0.15) is 0 Å². The Morgan fingerprint density at radius 3 is 0.548 bits per heavy atom. The molecule has 0 aliphatic rings. The fraction of sp³-hybridized carbons (Fsp3) is 0. The van der Waals surface area contributed by atoms with Gasteiger partial charge in [-0.2, -0.15) is 5.26 Å². The van der Waals surface area contributed by atoms with Crippen LogP contribution < -0.4 is 0 Å². The first-order valence-corrected chi connectivity index (χ1v) is 40.6. The van der Waals surface area contributed by atoms with Gasteiger partial charge in [-0.3, -0.25) is 0 Å². The fourth-order valence-electron chi connectivity index (χ4n) is 16.2. The van der Waals surface area contributed by atoms with Crippen LogP contribution in [0.25, 0.3) is 226 Å². The molecule has 0 fully saturated rings.